The van der Waals surface area contributed by atoms with E-state index in [1.807, 2.05) is 13.8 Å². The predicted octanol–water partition coefficient (Wildman–Crippen LogP) is 4.02. The molecule has 1 saturated heterocycles. The van der Waals surface area contributed by atoms with Gasteiger partial charge >= 0.3 is 13.7 Å². The van der Waals surface area contributed by atoms with E-state index >= 15 is 0 Å². The summed E-state index contributed by atoms with van der Waals surface area (Å²) in [5.74, 6) is 2.77. The molecule has 0 aromatic rings. The van der Waals surface area contributed by atoms with E-state index in [0.29, 0.717) is 25.0 Å². The quantitative estimate of drug-likeness (QED) is 0.704. The van der Waals surface area contributed by atoms with Crippen LogP contribution in [0.2, 0.25) is 0 Å². The van der Waals surface area contributed by atoms with Crippen LogP contribution in [0.15, 0.2) is 11.4 Å². The number of carbonyl (C=O) groups is 1. The van der Waals surface area contributed by atoms with Gasteiger partial charge in [0.15, 0.2) is 0 Å². The fourth-order valence-electron chi connectivity index (χ4n) is 3.59. The molecule has 1 heterocycles. The normalized spacial score (nSPS) is 26.9. The average molecular weight is 345 g/mol. The summed E-state index contributed by atoms with van der Waals surface area (Å²) in [5.41, 5.74) is 1.17. The van der Waals surface area contributed by atoms with E-state index in [1.165, 1.54) is 12.7 Å². The number of nitrogens with zero attached hydrogens (tertiary/aromatic N) is 1. The molecule has 6 nitrogen and oxygen atoms in total. The van der Waals surface area contributed by atoms with Crippen LogP contribution < -0.4 is 0 Å². The zero-order chi connectivity index (χ0) is 16.9. The van der Waals surface area contributed by atoms with Gasteiger partial charge in [0, 0.05) is 18.9 Å². The summed E-state index contributed by atoms with van der Waals surface area (Å²) >= 11 is 0. The molecule has 0 N–H and O–H groups in total. The average Bonchev–Trinajstić information content (AvgIpc) is 2.53. The molecule has 2 rings (SSSR count). The summed E-state index contributed by atoms with van der Waals surface area (Å²) in [7, 11) is -1.69. The highest BCUT2D eigenvalue weighted by Gasteiger charge is 2.35. The number of fused-ring (bicyclic) bond motifs is 1. The molecule has 0 aromatic heterocycles. The van der Waals surface area contributed by atoms with E-state index < -0.39 is 7.60 Å². The van der Waals surface area contributed by atoms with Crippen molar-refractivity contribution in [3.05, 3.63) is 11.4 Å². The molecule has 7 heteroatoms. The molecule has 0 bridgehead atoms. The van der Waals surface area contributed by atoms with Crippen LogP contribution in [-0.2, 0) is 18.3 Å². The molecule has 1 saturated carbocycles. The van der Waals surface area contributed by atoms with Crippen LogP contribution in [0, 0.1) is 11.8 Å². The maximum Gasteiger partial charge on any atom is 0.409 e. The molecule has 23 heavy (non-hydrogen) atoms. The molecular weight excluding hydrogens is 317 g/mol. The lowest BCUT2D eigenvalue weighted by Crippen LogP contribution is -2.44. The van der Waals surface area contributed by atoms with Gasteiger partial charge in [-0.05, 0) is 51.4 Å². The smallest absolute Gasteiger partial charge is 0.409 e. The Morgan fingerprint density at radius 2 is 1.96 bits per heavy atom. The van der Waals surface area contributed by atoms with Gasteiger partial charge in [0.1, 0.15) is 0 Å². The van der Waals surface area contributed by atoms with E-state index in [9.17, 15) is 9.36 Å². The molecule has 1 aliphatic heterocycles. The van der Waals surface area contributed by atoms with E-state index in [-0.39, 0.29) is 6.09 Å². The summed E-state index contributed by atoms with van der Waals surface area (Å²) in [6.45, 7) is 5.89. The Balaban J connectivity index is 2.00. The van der Waals surface area contributed by atoms with Crippen molar-refractivity contribution in [2.24, 2.45) is 11.8 Å². The van der Waals surface area contributed by atoms with Gasteiger partial charge in [-0.25, -0.2) is 4.79 Å². The van der Waals surface area contributed by atoms with E-state index in [4.69, 9.17) is 13.8 Å². The van der Waals surface area contributed by atoms with Gasteiger partial charge in [0.2, 0.25) is 0 Å². The Labute approximate surface area is 138 Å². The second kappa shape index (κ2) is 8.32. The fraction of sp³-hybridized carbons (Fsp3) is 0.812. The van der Waals surface area contributed by atoms with Crippen molar-refractivity contribution in [2.45, 2.75) is 39.5 Å². The molecule has 1 aliphatic carbocycles. The SMILES string of the molecule is CCOP(=O)(/C=C1/CC[C@H]2CN(C(=O)OC)CC[C@H]2C1)OCC. The lowest BCUT2D eigenvalue weighted by atomic mass is 9.73. The minimum absolute atomic E-state index is 0.234. The first-order chi connectivity index (χ1) is 11.0. The van der Waals surface area contributed by atoms with Crippen LogP contribution in [-0.4, -0.2) is 44.4 Å². The summed E-state index contributed by atoms with van der Waals surface area (Å²) in [6, 6.07) is 0. The van der Waals surface area contributed by atoms with Gasteiger partial charge in [0.05, 0.1) is 20.3 Å². The zero-order valence-electron chi connectivity index (χ0n) is 14.3. The number of ether oxygens (including phenoxy) is 1. The number of carbonyl (C=O) groups excluding carboxylic acids is 1. The second-order valence-electron chi connectivity index (χ2n) is 6.13. The third-order valence-corrected chi connectivity index (χ3v) is 6.56. The van der Waals surface area contributed by atoms with Crippen LogP contribution in [0.3, 0.4) is 0 Å². The van der Waals surface area contributed by atoms with Crippen molar-refractivity contribution in [3.63, 3.8) is 0 Å². The van der Waals surface area contributed by atoms with Crippen molar-refractivity contribution < 1.29 is 23.1 Å². The minimum atomic E-state index is -3.11. The van der Waals surface area contributed by atoms with Crippen LogP contribution in [0.25, 0.3) is 0 Å². The molecule has 0 radical (unpaired) electrons. The molecule has 2 atom stereocenters. The molecule has 2 aliphatic rings. The third-order valence-electron chi connectivity index (χ3n) is 4.64. The number of rotatable bonds is 5. The first-order valence-electron chi connectivity index (χ1n) is 8.43. The summed E-state index contributed by atoms with van der Waals surface area (Å²) < 4.78 is 28.2. The molecule has 0 spiro atoms. The van der Waals surface area contributed by atoms with E-state index in [0.717, 1.165) is 38.8 Å². The fourth-order valence-corrected chi connectivity index (χ4v) is 5.22. The van der Waals surface area contributed by atoms with Crippen molar-refractivity contribution in [2.75, 3.05) is 33.4 Å². The number of piperidine rings is 1. The summed E-state index contributed by atoms with van der Waals surface area (Å²) in [5, 5.41) is 0. The summed E-state index contributed by atoms with van der Waals surface area (Å²) in [4.78, 5) is 13.5. The lowest BCUT2D eigenvalue weighted by molar-refractivity contribution is 0.0745. The van der Waals surface area contributed by atoms with Gasteiger partial charge in [-0.2, -0.15) is 0 Å². The number of allylic oxidation sites excluding steroid dienone is 1. The standard InChI is InChI=1S/C16H28NO5P/c1-4-21-23(19,22-5-2)12-13-6-7-15-11-17(16(18)20-3)9-8-14(15)10-13/h12,14-15H,4-11H2,1-3H3/b13-12-/t14-,15-/m0/s1. The van der Waals surface area contributed by atoms with E-state index in [2.05, 4.69) is 0 Å². The van der Waals surface area contributed by atoms with Crippen LogP contribution in [0.5, 0.6) is 0 Å². The predicted molar refractivity (Wildman–Crippen MR) is 88.4 cm³/mol. The van der Waals surface area contributed by atoms with Crippen LogP contribution >= 0.6 is 7.60 Å². The Bertz CT molecular complexity index is 483. The monoisotopic (exact) mass is 345 g/mol. The molecule has 1 amide bonds. The van der Waals surface area contributed by atoms with Crippen molar-refractivity contribution in [3.8, 4) is 0 Å². The van der Waals surface area contributed by atoms with E-state index in [1.54, 1.807) is 10.7 Å². The summed E-state index contributed by atoms with van der Waals surface area (Å²) in [6.07, 6.45) is 3.54. The van der Waals surface area contributed by atoms with Gasteiger partial charge < -0.3 is 18.7 Å². The zero-order valence-corrected chi connectivity index (χ0v) is 15.2. The van der Waals surface area contributed by atoms with Crippen molar-refractivity contribution in [1.82, 2.24) is 4.90 Å². The van der Waals surface area contributed by atoms with Crippen molar-refractivity contribution >= 4 is 13.7 Å². The van der Waals surface area contributed by atoms with Gasteiger partial charge in [-0.15, -0.1) is 0 Å². The first kappa shape index (κ1) is 18.5. The maximum absolute atomic E-state index is 12.6. The largest absolute Gasteiger partial charge is 0.453 e. The number of amides is 1. The Morgan fingerprint density at radius 3 is 2.57 bits per heavy atom. The number of likely N-dealkylation sites (tertiary alicyclic amines) is 1. The molecule has 2 fully saturated rings. The van der Waals surface area contributed by atoms with Crippen LogP contribution in [0.4, 0.5) is 4.79 Å². The van der Waals surface area contributed by atoms with Gasteiger partial charge in [0.25, 0.3) is 0 Å². The minimum Gasteiger partial charge on any atom is -0.453 e. The van der Waals surface area contributed by atoms with Gasteiger partial charge in [-0.3, -0.25) is 4.57 Å². The third kappa shape index (κ3) is 4.82. The van der Waals surface area contributed by atoms with Gasteiger partial charge in [-0.1, -0.05) is 5.57 Å². The Hall–Kier alpha value is -0.840. The second-order valence-corrected chi connectivity index (χ2v) is 7.98. The number of methoxy groups -OCH3 is 1. The highest BCUT2D eigenvalue weighted by Crippen LogP contribution is 2.52. The highest BCUT2D eigenvalue weighted by molar-refractivity contribution is 7.57. The van der Waals surface area contributed by atoms with Crippen molar-refractivity contribution in [1.29, 1.82) is 0 Å². The molecule has 0 aromatic carbocycles. The van der Waals surface area contributed by atoms with Crippen LogP contribution in [0.1, 0.15) is 39.5 Å². The molecule has 132 valence electrons. The molecule has 0 unspecified atom stereocenters. The molecular formula is C16H28NO5P. The Kier molecular flexibility index (Phi) is 6.69. The number of hydrogen-bond donors (Lipinski definition) is 0. The lowest BCUT2D eigenvalue weighted by Gasteiger charge is -2.41. The highest BCUT2D eigenvalue weighted by atomic mass is 31.2. The topological polar surface area (TPSA) is 65.1 Å². The first-order valence-corrected chi connectivity index (χ1v) is 10.0. The number of hydrogen-bond acceptors (Lipinski definition) is 5. The Morgan fingerprint density at radius 1 is 1.26 bits per heavy atom. The maximum atomic E-state index is 12.6.